The zero-order valence-electron chi connectivity index (χ0n) is 11.8. The second kappa shape index (κ2) is 6.61. The zero-order valence-corrected chi connectivity index (χ0v) is 11.8. The molecular formula is C14H30N2. The average molecular weight is 226 g/mol. The normalized spacial score (nSPS) is 24.6. The van der Waals surface area contributed by atoms with Crippen molar-refractivity contribution in [1.29, 1.82) is 0 Å². The minimum absolute atomic E-state index is 0.639. The van der Waals surface area contributed by atoms with E-state index in [0.29, 0.717) is 6.04 Å². The molecule has 2 nitrogen and oxygen atoms in total. The lowest BCUT2D eigenvalue weighted by molar-refractivity contribution is 0.203. The predicted octanol–water partition coefficient (Wildman–Crippen LogP) is 2.74. The van der Waals surface area contributed by atoms with Crippen LogP contribution in [-0.2, 0) is 0 Å². The fraction of sp³-hybridized carbons (Fsp3) is 1.00. The van der Waals surface area contributed by atoms with Crippen LogP contribution in [-0.4, -0.2) is 36.6 Å². The first-order valence-electron chi connectivity index (χ1n) is 6.99. The van der Waals surface area contributed by atoms with Gasteiger partial charge in [0.15, 0.2) is 0 Å². The highest BCUT2D eigenvalue weighted by Crippen LogP contribution is 2.22. The molecule has 0 amide bonds. The van der Waals surface area contributed by atoms with E-state index in [0.717, 1.165) is 24.4 Å². The summed E-state index contributed by atoms with van der Waals surface area (Å²) in [6.07, 6.45) is 2.79. The van der Waals surface area contributed by atoms with E-state index < -0.39 is 0 Å². The molecule has 1 aliphatic heterocycles. The van der Waals surface area contributed by atoms with Crippen molar-refractivity contribution >= 4 is 0 Å². The Morgan fingerprint density at radius 2 is 1.88 bits per heavy atom. The van der Waals surface area contributed by atoms with Crippen molar-refractivity contribution in [3.63, 3.8) is 0 Å². The van der Waals surface area contributed by atoms with Crippen LogP contribution in [0.25, 0.3) is 0 Å². The molecule has 0 aromatic rings. The van der Waals surface area contributed by atoms with E-state index in [-0.39, 0.29) is 0 Å². The lowest BCUT2D eigenvalue weighted by atomic mass is 10.0. The molecule has 1 aliphatic rings. The van der Waals surface area contributed by atoms with Gasteiger partial charge in [-0.15, -0.1) is 0 Å². The zero-order chi connectivity index (χ0) is 12.1. The van der Waals surface area contributed by atoms with E-state index in [1.165, 1.54) is 25.9 Å². The highest BCUT2D eigenvalue weighted by atomic mass is 15.2. The minimum atomic E-state index is 0.639. The van der Waals surface area contributed by atoms with Crippen LogP contribution in [0.5, 0.6) is 0 Å². The van der Waals surface area contributed by atoms with Gasteiger partial charge in [0.25, 0.3) is 0 Å². The Morgan fingerprint density at radius 1 is 1.19 bits per heavy atom. The van der Waals surface area contributed by atoms with Gasteiger partial charge in [-0.3, -0.25) is 4.90 Å². The van der Waals surface area contributed by atoms with Gasteiger partial charge in [-0.2, -0.15) is 0 Å². The van der Waals surface area contributed by atoms with Crippen LogP contribution in [0.4, 0.5) is 0 Å². The summed E-state index contributed by atoms with van der Waals surface area (Å²) in [5.41, 5.74) is 0. The van der Waals surface area contributed by atoms with E-state index in [9.17, 15) is 0 Å². The number of nitrogens with one attached hydrogen (secondary N) is 1. The molecule has 0 saturated carbocycles. The molecule has 2 unspecified atom stereocenters. The maximum Gasteiger partial charge on any atom is 0.0119 e. The molecule has 1 saturated heterocycles. The molecule has 0 aromatic carbocycles. The smallest absolute Gasteiger partial charge is 0.0119 e. The predicted molar refractivity (Wildman–Crippen MR) is 71.7 cm³/mol. The van der Waals surface area contributed by atoms with Crippen molar-refractivity contribution in [2.45, 2.75) is 59.5 Å². The van der Waals surface area contributed by atoms with Gasteiger partial charge in [0.2, 0.25) is 0 Å². The van der Waals surface area contributed by atoms with E-state index in [1.54, 1.807) is 0 Å². The first-order chi connectivity index (χ1) is 7.52. The van der Waals surface area contributed by atoms with Gasteiger partial charge < -0.3 is 5.32 Å². The number of rotatable bonds is 6. The van der Waals surface area contributed by atoms with Gasteiger partial charge in [0.1, 0.15) is 0 Å². The van der Waals surface area contributed by atoms with Gasteiger partial charge in [-0.25, -0.2) is 0 Å². The Labute approximate surface area is 102 Å². The summed E-state index contributed by atoms with van der Waals surface area (Å²) in [7, 11) is 0. The standard InChI is InChI=1S/C14H30N2/c1-11(2)13(5)15-8-10-16-9-6-7-14(16)12(3)4/h11-15H,6-10H2,1-5H3. The quantitative estimate of drug-likeness (QED) is 0.749. The van der Waals surface area contributed by atoms with Crippen LogP contribution >= 0.6 is 0 Å². The largest absolute Gasteiger partial charge is 0.313 e. The third-order valence-corrected chi connectivity index (χ3v) is 4.05. The second-order valence-corrected chi connectivity index (χ2v) is 5.98. The molecule has 0 aliphatic carbocycles. The summed E-state index contributed by atoms with van der Waals surface area (Å²) < 4.78 is 0. The van der Waals surface area contributed by atoms with Gasteiger partial charge in [0.05, 0.1) is 0 Å². The summed E-state index contributed by atoms with van der Waals surface area (Å²) in [5.74, 6) is 1.55. The second-order valence-electron chi connectivity index (χ2n) is 5.98. The van der Waals surface area contributed by atoms with Crippen molar-refractivity contribution in [2.75, 3.05) is 19.6 Å². The van der Waals surface area contributed by atoms with Gasteiger partial charge >= 0.3 is 0 Å². The third-order valence-electron chi connectivity index (χ3n) is 4.05. The maximum atomic E-state index is 3.63. The van der Waals surface area contributed by atoms with E-state index >= 15 is 0 Å². The first-order valence-corrected chi connectivity index (χ1v) is 6.99. The van der Waals surface area contributed by atoms with Crippen molar-refractivity contribution in [3.8, 4) is 0 Å². The van der Waals surface area contributed by atoms with Crippen molar-refractivity contribution in [3.05, 3.63) is 0 Å². The van der Waals surface area contributed by atoms with Gasteiger partial charge in [-0.1, -0.05) is 27.7 Å². The number of hydrogen-bond acceptors (Lipinski definition) is 2. The van der Waals surface area contributed by atoms with E-state index in [4.69, 9.17) is 0 Å². The lowest BCUT2D eigenvalue weighted by Gasteiger charge is -2.28. The summed E-state index contributed by atoms with van der Waals surface area (Å²) in [6.45, 7) is 15.2. The molecule has 96 valence electrons. The van der Waals surface area contributed by atoms with Gasteiger partial charge in [-0.05, 0) is 38.1 Å². The molecular weight excluding hydrogens is 196 g/mol. The highest BCUT2D eigenvalue weighted by Gasteiger charge is 2.26. The number of hydrogen-bond donors (Lipinski definition) is 1. The van der Waals surface area contributed by atoms with Crippen molar-refractivity contribution < 1.29 is 0 Å². The topological polar surface area (TPSA) is 15.3 Å². The van der Waals surface area contributed by atoms with Crippen LogP contribution < -0.4 is 5.32 Å². The summed E-state index contributed by atoms with van der Waals surface area (Å²) >= 11 is 0. The van der Waals surface area contributed by atoms with Crippen LogP contribution in [0.2, 0.25) is 0 Å². The molecule has 1 heterocycles. The number of likely N-dealkylation sites (tertiary alicyclic amines) is 1. The third kappa shape index (κ3) is 4.06. The molecule has 0 spiro atoms. The molecule has 2 atom stereocenters. The van der Waals surface area contributed by atoms with Crippen LogP contribution in [0, 0.1) is 11.8 Å². The van der Waals surface area contributed by atoms with Crippen molar-refractivity contribution in [2.24, 2.45) is 11.8 Å². The van der Waals surface area contributed by atoms with Crippen molar-refractivity contribution in [1.82, 2.24) is 10.2 Å². The fourth-order valence-electron chi connectivity index (χ4n) is 2.56. The Hall–Kier alpha value is -0.0800. The van der Waals surface area contributed by atoms with Crippen LogP contribution in [0.15, 0.2) is 0 Å². The molecule has 1 N–H and O–H groups in total. The Morgan fingerprint density at radius 3 is 2.44 bits per heavy atom. The average Bonchev–Trinajstić information content (AvgIpc) is 2.65. The molecule has 2 heteroatoms. The molecule has 0 bridgehead atoms. The molecule has 0 aromatic heterocycles. The Bertz CT molecular complexity index is 189. The highest BCUT2D eigenvalue weighted by molar-refractivity contribution is 4.82. The molecule has 1 rings (SSSR count). The Balaban J connectivity index is 2.22. The summed E-state index contributed by atoms with van der Waals surface area (Å²) in [4.78, 5) is 2.67. The van der Waals surface area contributed by atoms with E-state index in [2.05, 4.69) is 44.8 Å². The SMILES string of the molecule is CC(C)C(C)NCCN1CCCC1C(C)C. The van der Waals surface area contributed by atoms with Gasteiger partial charge in [0, 0.05) is 25.2 Å². The first kappa shape index (κ1) is 14.0. The van der Waals surface area contributed by atoms with Crippen LogP contribution in [0.1, 0.15) is 47.5 Å². The lowest BCUT2D eigenvalue weighted by Crippen LogP contribution is -2.41. The molecule has 16 heavy (non-hydrogen) atoms. The monoisotopic (exact) mass is 226 g/mol. The number of nitrogens with zero attached hydrogens (tertiary/aromatic N) is 1. The molecule has 0 radical (unpaired) electrons. The fourth-order valence-corrected chi connectivity index (χ4v) is 2.56. The maximum absolute atomic E-state index is 3.63. The van der Waals surface area contributed by atoms with E-state index in [1.807, 2.05) is 0 Å². The Kier molecular flexibility index (Phi) is 5.77. The molecule has 1 fully saturated rings. The summed E-state index contributed by atoms with van der Waals surface area (Å²) in [6, 6.07) is 1.47. The minimum Gasteiger partial charge on any atom is -0.313 e. The van der Waals surface area contributed by atoms with Crippen LogP contribution in [0.3, 0.4) is 0 Å². The summed E-state index contributed by atoms with van der Waals surface area (Å²) in [5, 5.41) is 3.63.